The lowest BCUT2D eigenvalue weighted by atomic mass is 10.1. The zero-order valence-corrected chi connectivity index (χ0v) is 16.3. The van der Waals surface area contributed by atoms with Crippen LogP contribution in [0.1, 0.15) is 30.8 Å². The lowest BCUT2D eigenvalue weighted by Gasteiger charge is -2.23. The Morgan fingerprint density at radius 2 is 2.03 bits per heavy atom. The molecule has 2 aliphatic rings. The molecule has 4 rings (SSSR count). The van der Waals surface area contributed by atoms with Crippen LogP contribution in [-0.4, -0.2) is 67.0 Å². The van der Waals surface area contributed by atoms with Gasteiger partial charge in [0.1, 0.15) is 29.7 Å². The molecule has 0 amide bonds. The first-order valence-corrected chi connectivity index (χ1v) is 9.32. The van der Waals surface area contributed by atoms with Crippen molar-refractivity contribution in [2.24, 2.45) is 0 Å². The van der Waals surface area contributed by atoms with E-state index in [1.54, 1.807) is 20.8 Å². The van der Waals surface area contributed by atoms with Crippen molar-refractivity contribution in [1.29, 1.82) is 0 Å². The minimum atomic E-state index is -0.811. The summed E-state index contributed by atoms with van der Waals surface area (Å²) in [5, 5.41) is 24.3. The van der Waals surface area contributed by atoms with E-state index in [9.17, 15) is 14.7 Å². The van der Waals surface area contributed by atoms with E-state index in [1.165, 1.54) is 10.8 Å². The molecular formula is C17H24N6O6. The van der Waals surface area contributed by atoms with E-state index in [0.29, 0.717) is 30.0 Å². The van der Waals surface area contributed by atoms with Gasteiger partial charge in [0.05, 0.1) is 6.54 Å². The molecule has 12 heteroatoms. The maximum atomic E-state index is 12.0. The molecule has 0 radical (unpaired) electrons. The highest BCUT2D eigenvalue weighted by Gasteiger charge is 2.53. The Kier molecular flexibility index (Phi) is 5.12. The standard InChI is InChI=1S/C17H24N6O6/c1-8-6-23(16(26)19-14(8)25)7-10-9(20-22-21-10)4-18-5-11-12(24)13-15(27-11)29-17(2,3)28-13/h6,11-13,15,18,24H,4-5,7H2,1-3H3,(H,19,25,26)(H,20,21,22)/t11-,12+,13-,15-/m1/s1. The number of hydrogen-bond donors (Lipinski definition) is 4. The summed E-state index contributed by atoms with van der Waals surface area (Å²) in [6.07, 6.45) is -0.926. The van der Waals surface area contributed by atoms with Crippen LogP contribution in [-0.2, 0) is 27.3 Å². The number of nitrogens with one attached hydrogen (secondary N) is 3. The van der Waals surface area contributed by atoms with Crippen LogP contribution in [0.2, 0.25) is 0 Å². The summed E-state index contributed by atoms with van der Waals surface area (Å²) in [6.45, 7) is 6.03. The van der Waals surface area contributed by atoms with Crippen molar-refractivity contribution in [3.8, 4) is 0 Å². The maximum absolute atomic E-state index is 12.0. The van der Waals surface area contributed by atoms with E-state index in [2.05, 4.69) is 25.7 Å². The van der Waals surface area contributed by atoms with Crippen molar-refractivity contribution in [2.75, 3.05) is 6.54 Å². The van der Waals surface area contributed by atoms with Gasteiger partial charge in [-0.2, -0.15) is 15.4 Å². The first kappa shape index (κ1) is 19.9. The van der Waals surface area contributed by atoms with Crippen LogP contribution in [0.25, 0.3) is 0 Å². The Morgan fingerprint density at radius 3 is 2.79 bits per heavy atom. The molecule has 158 valence electrons. The molecular weight excluding hydrogens is 384 g/mol. The van der Waals surface area contributed by atoms with E-state index >= 15 is 0 Å². The fourth-order valence-corrected chi connectivity index (χ4v) is 3.50. The summed E-state index contributed by atoms with van der Waals surface area (Å²) < 4.78 is 18.4. The van der Waals surface area contributed by atoms with Gasteiger partial charge in [-0.25, -0.2) is 4.79 Å². The molecule has 2 fully saturated rings. The first-order valence-electron chi connectivity index (χ1n) is 9.32. The molecule has 2 aromatic rings. The lowest BCUT2D eigenvalue weighted by molar-refractivity contribution is -0.214. The van der Waals surface area contributed by atoms with E-state index < -0.39 is 41.6 Å². The van der Waals surface area contributed by atoms with E-state index in [-0.39, 0.29) is 6.54 Å². The average Bonchev–Trinajstić information content (AvgIpc) is 3.28. The van der Waals surface area contributed by atoms with Gasteiger partial charge in [0.2, 0.25) is 0 Å². The monoisotopic (exact) mass is 408 g/mol. The normalized spacial score (nSPS) is 28.0. The first-order chi connectivity index (χ1) is 13.7. The molecule has 2 aromatic heterocycles. The second-order valence-electron chi connectivity index (χ2n) is 7.68. The van der Waals surface area contributed by atoms with Crippen LogP contribution < -0.4 is 16.6 Å². The van der Waals surface area contributed by atoms with Gasteiger partial charge in [0.25, 0.3) is 5.56 Å². The Labute approximate surface area is 165 Å². The van der Waals surface area contributed by atoms with E-state index in [4.69, 9.17) is 14.2 Å². The fourth-order valence-electron chi connectivity index (χ4n) is 3.50. The SMILES string of the molecule is Cc1cn(Cc2n[nH]nc2CNC[C@H]2O[C@@H]3OC(C)(C)O[C@@H]3[C@H]2O)c(=O)[nH]c1=O. The smallest absolute Gasteiger partial charge is 0.328 e. The van der Waals surface area contributed by atoms with Gasteiger partial charge in [0.15, 0.2) is 12.1 Å². The molecule has 4 heterocycles. The van der Waals surface area contributed by atoms with Crippen molar-refractivity contribution in [3.63, 3.8) is 0 Å². The van der Waals surface area contributed by atoms with Gasteiger partial charge < -0.3 is 24.6 Å². The molecule has 29 heavy (non-hydrogen) atoms. The van der Waals surface area contributed by atoms with Crippen molar-refractivity contribution < 1.29 is 19.3 Å². The highest BCUT2D eigenvalue weighted by atomic mass is 16.8. The number of hydrogen-bond acceptors (Lipinski definition) is 9. The Balaban J connectivity index is 1.34. The van der Waals surface area contributed by atoms with E-state index in [0.717, 1.165) is 0 Å². The van der Waals surface area contributed by atoms with Gasteiger partial charge in [-0.1, -0.05) is 0 Å². The van der Waals surface area contributed by atoms with Gasteiger partial charge in [-0.15, -0.1) is 0 Å². The summed E-state index contributed by atoms with van der Waals surface area (Å²) in [5.41, 5.74) is 0.675. The molecule has 0 bridgehead atoms. The predicted molar refractivity (Wildman–Crippen MR) is 98.0 cm³/mol. The number of aromatic nitrogens is 5. The zero-order chi connectivity index (χ0) is 20.8. The summed E-state index contributed by atoms with van der Waals surface area (Å²) in [4.78, 5) is 25.7. The second-order valence-corrected chi connectivity index (χ2v) is 7.68. The number of nitrogens with zero attached hydrogens (tertiary/aromatic N) is 3. The quantitative estimate of drug-likeness (QED) is 0.439. The number of aliphatic hydroxyl groups excluding tert-OH is 1. The molecule has 2 aliphatic heterocycles. The minimum Gasteiger partial charge on any atom is -0.387 e. The third-order valence-corrected chi connectivity index (χ3v) is 4.96. The van der Waals surface area contributed by atoms with Crippen LogP contribution >= 0.6 is 0 Å². The van der Waals surface area contributed by atoms with Crippen LogP contribution in [0.5, 0.6) is 0 Å². The van der Waals surface area contributed by atoms with E-state index in [1.807, 2.05) is 0 Å². The number of rotatable bonds is 6. The number of ether oxygens (including phenoxy) is 3. The third kappa shape index (κ3) is 4.02. The van der Waals surface area contributed by atoms with Crippen LogP contribution in [0.4, 0.5) is 0 Å². The Hall–Kier alpha value is -2.38. The number of aromatic amines is 2. The van der Waals surface area contributed by atoms with Crippen LogP contribution in [0.15, 0.2) is 15.8 Å². The highest BCUT2D eigenvalue weighted by Crippen LogP contribution is 2.37. The maximum Gasteiger partial charge on any atom is 0.328 e. The molecule has 0 aliphatic carbocycles. The highest BCUT2D eigenvalue weighted by molar-refractivity contribution is 5.10. The lowest BCUT2D eigenvalue weighted by Crippen LogP contribution is -2.39. The summed E-state index contributed by atoms with van der Waals surface area (Å²) in [6, 6.07) is 0. The zero-order valence-electron chi connectivity index (χ0n) is 16.3. The summed E-state index contributed by atoms with van der Waals surface area (Å²) in [5.74, 6) is -0.775. The number of aryl methyl sites for hydroxylation is 1. The molecule has 12 nitrogen and oxygen atoms in total. The van der Waals surface area contributed by atoms with Crippen LogP contribution in [0, 0.1) is 6.92 Å². The molecule has 2 saturated heterocycles. The molecule has 0 aromatic carbocycles. The summed E-state index contributed by atoms with van der Waals surface area (Å²) in [7, 11) is 0. The molecule has 0 saturated carbocycles. The molecule has 4 atom stereocenters. The van der Waals surface area contributed by atoms with Crippen molar-refractivity contribution in [3.05, 3.63) is 44.0 Å². The molecule has 0 unspecified atom stereocenters. The van der Waals surface area contributed by atoms with Crippen molar-refractivity contribution in [1.82, 2.24) is 30.3 Å². The Bertz CT molecular complexity index is 997. The minimum absolute atomic E-state index is 0.160. The summed E-state index contributed by atoms with van der Waals surface area (Å²) >= 11 is 0. The number of H-pyrrole nitrogens is 2. The van der Waals surface area contributed by atoms with Crippen LogP contribution in [0.3, 0.4) is 0 Å². The Morgan fingerprint density at radius 1 is 1.28 bits per heavy atom. The van der Waals surface area contributed by atoms with Gasteiger partial charge in [-0.05, 0) is 20.8 Å². The van der Waals surface area contributed by atoms with Crippen molar-refractivity contribution in [2.45, 2.75) is 64.2 Å². The average molecular weight is 408 g/mol. The van der Waals surface area contributed by atoms with Gasteiger partial charge >= 0.3 is 5.69 Å². The number of aliphatic hydroxyl groups is 1. The molecule has 0 spiro atoms. The fraction of sp³-hybridized carbons (Fsp3) is 0.647. The number of fused-ring (bicyclic) bond motifs is 1. The van der Waals surface area contributed by atoms with Gasteiger partial charge in [0, 0.05) is 24.8 Å². The topological polar surface area (TPSA) is 156 Å². The predicted octanol–water partition coefficient (Wildman–Crippen LogP) is -1.66. The van der Waals surface area contributed by atoms with Crippen molar-refractivity contribution >= 4 is 0 Å². The second kappa shape index (κ2) is 7.46. The molecule has 4 N–H and O–H groups in total. The third-order valence-electron chi connectivity index (χ3n) is 4.96. The largest absolute Gasteiger partial charge is 0.387 e. The van der Waals surface area contributed by atoms with Gasteiger partial charge in [-0.3, -0.25) is 14.3 Å².